The SMILES string of the molecule is COC1CCN(S(=O)(=O)N2CCOCC2)C(CN)C1.Cl. The van der Waals surface area contributed by atoms with Crippen molar-refractivity contribution >= 4 is 22.6 Å². The van der Waals surface area contributed by atoms with Gasteiger partial charge in [0.2, 0.25) is 0 Å². The van der Waals surface area contributed by atoms with Crippen molar-refractivity contribution in [1.29, 1.82) is 0 Å². The van der Waals surface area contributed by atoms with Gasteiger partial charge in [0.05, 0.1) is 19.3 Å². The van der Waals surface area contributed by atoms with Crippen LogP contribution in [-0.2, 0) is 19.7 Å². The zero-order valence-electron chi connectivity index (χ0n) is 11.7. The molecule has 7 nitrogen and oxygen atoms in total. The van der Waals surface area contributed by atoms with E-state index >= 15 is 0 Å². The zero-order valence-corrected chi connectivity index (χ0v) is 13.4. The molecular weight excluding hydrogens is 306 g/mol. The standard InChI is InChI=1S/C11H23N3O4S.ClH/c1-17-11-2-3-14(10(8-11)9-12)19(15,16)13-4-6-18-7-5-13;/h10-11H,2-9,12H2,1H3;1H. The zero-order chi connectivity index (χ0) is 13.9. The second-order valence-corrected chi connectivity index (χ2v) is 6.78. The Labute approximate surface area is 127 Å². The van der Waals surface area contributed by atoms with E-state index in [1.54, 1.807) is 7.11 Å². The quantitative estimate of drug-likeness (QED) is 0.746. The summed E-state index contributed by atoms with van der Waals surface area (Å²) in [6.45, 7) is 2.55. The fourth-order valence-electron chi connectivity index (χ4n) is 2.65. The summed E-state index contributed by atoms with van der Waals surface area (Å²) >= 11 is 0. The van der Waals surface area contributed by atoms with Crippen molar-refractivity contribution in [3.63, 3.8) is 0 Å². The van der Waals surface area contributed by atoms with E-state index in [4.69, 9.17) is 15.2 Å². The highest BCUT2D eigenvalue weighted by atomic mass is 35.5. The molecule has 2 aliphatic rings. The minimum atomic E-state index is -3.43. The van der Waals surface area contributed by atoms with Crippen LogP contribution in [0.5, 0.6) is 0 Å². The third kappa shape index (κ3) is 3.82. The van der Waals surface area contributed by atoms with Gasteiger partial charge >= 0.3 is 0 Å². The fraction of sp³-hybridized carbons (Fsp3) is 1.00. The van der Waals surface area contributed by atoms with E-state index in [0.717, 1.165) is 6.42 Å². The van der Waals surface area contributed by atoms with Crippen molar-refractivity contribution in [2.45, 2.75) is 25.0 Å². The summed E-state index contributed by atoms with van der Waals surface area (Å²) in [6, 6.07) is -0.174. The maximum atomic E-state index is 12.6. The first-order valence-corrected chi connectivity index (χ1v) is 8.06. The Balaban J connectivity index is 0.00000200. The van der Waals surface area contributed by atoms with E-state index in [-0.39, 0.29) is 24.6 Å². The van der Waals surface area contributed by atoms with Crippen molar-refractivity contribution < 1.29 is 17.9 Å². The third-order valence-electron chi connectivity index (χ3n) is 3.81. The van der Waals surface area contributed by atoms with Crippen molar-refractivity contribution in [2.24, 2.45) is 5.73 Å². The summed E-state index contributed by atoms with van der Waals surface area (Å²) in [6.07, 6.45) is 1.48. The van der Waals surface area contributed by atoms with Gasteiger partial charge in [0, 0.05) is 39.3 Å². The van der Waals surface area contributed by atoms with Gasteiger partial charge in [-0.15, -0.1) is 12.4 Å². The van der Waals surface area contributed by atoms with Gasteiger partial charge in [-0.05, 0) is 12.8 Å². The molecule has 20 heavy (non-hydrogen) atoms. The molecule has 0 amide bonds. The number of hydrogen-bond acceptors (Lipinski definition) is 5. The predicted molar refractivity (Wildman–Crippen MR) is 78.1 cm³/mol. The smallest absolute Gasteiger partial charge is 0.282 e. The molecule has 0 aromatic heterocycles. The molecule has 2 unspecified atom stereocenters. The molecule has 2 N–H and O–H groups in total. The number of morpholine rings is 1. The summed E-state index contributed by atoms with van der Waals surface area (Å²) in [7, 11) is -1.77. The largest absolute Gasteiger partial charge is 0.381 e. The first kappa shape index (κ1) is 18.1. The number of halogens is 1. The van der Waals surface area contributed by atoms with Crippen LogP contribution in [0.1, 0.15) is 12.8 Å². The Morgan fingerprint density at radius 2 is 1.95 bits per heavy atom. The Kier molecular flexibility index (Phi) is 7.13. The molecule has 2 saturated heterocycles. The Morgan fingerprint density at radius 3 is 2.50 bits per heavy atom. The topological polar surface area (TPSA) is 85.1 Å². The molecule has 0 aromatic rings. The number of ether oxygens (including phenoxy) is 2. The van der Waals surface area contributed by atoms with E-state index in [2.05, 4.69) is 0 Å². The first-order valence-electron chi connectivity index (χ1n) is 6.67. The van der Waals surface area contributed by atoms with Crippen LogP contribution in [0.2, 0.25) is 0 Å². The molecule has 0 radical (unpaired) electrons. The summed E-state index contributed by atoms with van der Waals surface area (Å²) in [4.78, 5) is 0. The predicted octanol–water partition coefficient (Wildman–Crippen LogP) is -0.577. The van der Waals surface area contributed by atoms with Gasteiger partial charge in [0.25, 0.3) is 10.2 Å². The van der Waals surface area contributed by atoms with Crippen molar-refractivity contribution in [3.8, 4) is 0 Å². The van der Waals surface area contributed by atoms with Crippen molar-refractivity contribution in [1.82, 2.24) is 8.61 Å². The van der Waals surface area contributed by atoms with E-state index in [0.29, 0.717) is 45.8 Å². The molecular formula is C11H24ClN3O4S. The molecule has 2 rings (SSSR count). The van der Waals surface area contributed by atoms with E-state index in [1.807, 2.05) is 0 Å². The number of nitrogens with zero attached hydrogens (tertiary/aromatic N) is 2. The molecule has 2 aliphatic heterocycles. The maximum Gasteiger partial charge on any atom is 0.282 e. The number of rotatable bonds is 4. The van der Waals surface area contributed by atoms with Gasteiger partial charge in [-0.2, -0.15) is 17.0 Å². The van der Waals surface area contributed by atoms with Crippen LogP contribution in [0.25, 0.3) is 0 Å². The molecule has 2 atom stereocenters. The van der Waals surface area contributed by atoms with Crippen LogP contribution >= 0.6 is 12.4 Å². The lowest BCUT2D eigenvalue weighted by Crippen LogP contribution is -2.57. The lowest BCUT2D eigenvalue weighted by molar-refractivity contribution is 0.0339. The van der Waals surface area contributed by atoms with Gasteiger partial charge in [-0.25, -0.2) is 0 Å². The molecule has 0 aromatic carbocycles. The molecule has 0 bridgehead atoms. The highest BCUT2D eigenvalue weighted by Crippen LogP contribution is 2.24. The van der Waals surface area contributed by atoms with E-state index < -0.39 is 10.2 Å². The van der Waals surface area contributed by atoms with Gasteiger partial charge in [0.1, 0.15) is 0 Å². The highest BCUT2D eigenvalue weighted by molar-refractivity contribution is 7.86. The maximum absolute atomic E-state index is 12.6. The summed E-state index contributed by atoms with van der Waals surface area (Å²) in [5.41, 5.74) is 5.73. The second-order valence-electron chi connectivity index (χ2n) is 4.90. The number of piperidine rings is 1. The molecule has 0 spiro atoms. The van der Waals surface area contributed by atoms with Crippen LogP contribution in [0.15, 0.2) is 0 Å². The Bertz CT molecular complexity index is 389. The minimum Gasteiger partial charge on any atom is -0.381 e. The normalized spacial score (nSPS) is 29.9. The Hall–Kier alpha value is 0.0400. The number of nitrogens with two attached hydrogens (primary N) is 1. The van der Waals surface area contributed by atoms with E-state index in [9.17, 15) is 8.42 Å². The minimum absolute atomic E-state index is 0. The summed E-state index contributed by atoms with van der Waals surface area (Å²) in [5.74, 6) is 0. The molecule has 9 heteroatoms. The van der Waals surface area contributed by atoms with Gasteiger partial charge < -0.3 is 15.2 Å². The van der Waals surface area contributed by atoms with Gasteiger partial charge in [-0.3, -0.25) is 0 Å². The van der Waals surface area contributed by atoms with E-state index in [1.165, 1.54) is 8.61 Å². The Morgan fingerprint density at radius 1 is 1.30 bits per heavy atom. The average Bonchev–Trinajstić information content (AvgIpc) is 2.47. The summed E-state index contributed by atoms with van der Waals surface area (Å²) < 4.78 is 38.8. The number of hydrogen-bond donors (Lipinski definition) is 1. The summed E-state index contributed by atoms with van der Waals surface area (Å²) in [5, 5.41) is 0. The average molecular weight is 330 g/mol. The first-order chi connectivity index (χ1) is 9.09. The lowest BCUT2D eigenvalue weighted by Gasteiger charge is -2.40. The molecule has 0 saturated carbocycles. The van der Waals surface area contributed by atoms with Crippen LogP contribution in [0.3, 0.4) is 0 Å². The van der Waals surface area contributed by atoms with Crippen LogP contribution in [0.4, 0.5) is 0 Å². The van der Waals surface area contributed by atoms with Crippen LogP contribution in [-0.4, -0.2) is 75.7 Å². The van der Waals surface area contributed by atoms with Crippen molar-refractivity contribution in [2.75, 3.05) is 46.5 Å². The van der Waals surface area contributed by atoms with Crippen molar-refractivity contribution in [3.05, 3.63) is 0 Å². The highest BCUT2D eigenvalue weighted by Gasteiger charge is 2.39. The van der Waals surface area contributed by atoms with Gasteiger partial charge in [-0.1, -0.05) is 0 Å². The third-order valence-corrected chi connectivity index (χ3v) is 5.90. The molecule has 120 valence electrons. The van der Waals surface area contributed by atoms with Crippen LogP contribution in [0, 0.1) is 0 Å². The lowest BCUT2D eigenvalue weighted by atomic mass is 10.0. The molecule has 2 fully saturated rings. The molecule has 0 aliphatic carbocycles. The fourth-order valence-corrected chi connectivity index (χ4v) is 4.44. The monoisotopic (exact) mass is 329 g/mol. The molecule has 2 heterocycles. The van der Waals surface area contributed by atoms with Crippen LogP contribution < -0.4 is 5.73 Å². The second kappa shape index (κ2) is 7.88. The number of methoxy groups -OCH3 is 1. The van der Waals surface area contributed by atoms with Gasteiger partial charge in [0.15, 0.2) is 0 Å².